The van der Waals surface area contributed by atoms with Crippen LogP contribution in [0.2, 0.25) is 0 Å². The van der Waals surface area contributed by atoms with Gasteiger partial charge in [-0.15, -0.1) is 0 Å². The first-order valence-electron chi connectivity index (χ1n) is 5.64. The van der Waals surface area contributed by atoms with Crippen LogP contribution in [0.5, 0.6) is 0 Å². The van der Waals surface area contributed by atoms with Crippen molar-refractivity contribution in [2.45, 2.75) is 12.3 Å². The third kappa shape index (κ3) is 3.12. The van der Waals surface area contributed by atoms with Gasteiger partial charge in [0.1, 0.15) is 0 Å². The van der Waals surface area contributed by atoms with Gasteiger partial charge in [-0.2, -0.15) is 0 Å². The summed E-state index contributed by atoms with van der Waals surface area (Å²) in [5.74, 6) is 0. The predicted octanol–water partition coefficient (Wildman–Crippen LogP) is 1.11. The van der Waals surface area contributed by atoms with E-state index in [0.717, 1.165) is 11.3 Å². The summed E-state index contributed by atoms with van der Waals surface area (Å²) in [6, 6.07) is 7.53. The molecule has 4 nitrogen and oxygen atoms in total. The molecule has 6 heteroatoms. The molecule has 0 amide bonds. The molecule has 94 valence electrons. The van der Waals surface area contributed by atoms with E-state index in [0.29, 0.717) is 13.1 Å². The first-order chi connectivity index (χ1) is 8.11. The van der Waals surface area contributed by atoms with Gasteiger partial charge in [0.25, 0.3) is 0 Å². The van der Waals surface area contributed by atoms with Gasteiger partial charge < -0.3 is 5.48 Å². The van der Waals surface area contributed by atoms with Crippen LogP contribution in [0.1, 0.15) is 11.7 Å². The molecular formula is C12H13FLiNO3-2. The van der Waals surface area contributed by atoms with Gasteiger partial charge in [0, 0.05) is 0 Å². The topological polar surface area (TPSA) is 58.0 Å². The van der Waals surface area contributed by atoms with Crippen LogP contribution in [0.4, 0.5) is 10.1 Å². The van der Waals surface area contributed by atoms with Crippen molar-refractivity contribution in [1.82, 2.24) is 0 Å². The van der Waals surface area contributed by atoms with Crippen LogP contribution in [0.15, 0.2) is 24.3 Å². The third-order valence-electron chi connectivity index (χ3n) is 2.98. The number of carbonyl (C=O) groups excluding carboxylic acids is 1. The van der Waals surface area contributed by atoms with Crippen molar-refractivity contribution in [1.29, 1.82) is 0 Å². The van der Waals surface area contributed by atoms with Crippen molar-refractivity contribution in [3.63, 3.8) is 0 Å². The summed E-state index contributed by atoms with van der Waals surface area (Å²) in [5, 5.41) is 0. The number of hydrogen-bond donors (Lipinski definition) is 0. The minimum Gasteiger partial charge on any atom is -2.00 e. The van der Waals surface area contributed by atoms with Gasteiger partial charge in [-0.25, -0.2) is 0 Å². The van der Waals surface area contributed by atoms with E-state index in [1.54, 1.807) is 0 Å². The van der Waals surface area contributed by atoms with Crippen molar-refractivity contribution in [3.8, 4) is 0 Å². The molecule has 1 fully saturated rings. The number of anilines is 1. The molecule has 1 atom stereocenters. The number of halogens is 1. The van der Waals surface area contributed by atoms with Crippen LogP contribution >= 0.6 is 0 Å². The van der Waals surface area contributed by atoms with Crippen LogP contribution in [0.25, 0.3) is 0 Å². The summed E-state index contributed by atoms with van der Waals surface area (Å²) in [4.78, 5) is 13.3. The average Bonchev–Trinajstić information content (AvgIpc) is 2.26. The van der Waals surface area contributed by atoms with E-state index in [1.165, 1.54) is 24.8 Å². The molecule has 0 bridgehead atoms. The Balaban J connectivity index is 0.00000162. The van der Waals surface area contributed by atoms with E-state index >= 15 is 0 Å². The Morgan fingerprint density at radius 2 is 2.22 bits per heavy atom. The summed E-state index contributed by atoms with van der Waals surface area (Å²) in [7, 11) is 1.51. The fraction of sp³-hybridized carbons (Fsp3) is 0.417. The van der Waals surface area contributed by atoms with E-state index in [1.807, 2.05) is 29.2 Å². The fourth-order valence-corrected chi connectivity index (χ4v) is 2.06. The molecule has 1 heterocycles. The molecule has 1 unspecified atom stereocenters. The minimum atomic E-state index is -0.732. The molecule has 1 saturated heterocycles. The summed E-state index contributed by atoms with van der Waals surface area (Å²) >= 11 is 1.50. The number of carbonyl (C=O) groups is 1. The maximum atomic E-state index is 12.8. The number of nitrogens with zero attached hydrogens (tertiary/aromatic N) is 1. The average molecular weight is 245 g/mol. The van der Waals surface area contributed by atoms with E-state index < -0.39 is 12.3 Å². The van der Waals surface area contributed by atoms with Crippen molar-refractivity contribution in [2.24, 2.45) is 0 Å². The molecule has 18 heavy (non-hydrogen) atoms. The molecule has 0 radical (unpaired) electrons. The molecule has 0 aromatic heterocycles. The Kier molecular flexibility index (Phi) is 5.36. The second-order valence-electron chi connectivity index (χ2n) is 4.32. The molecule has 1 aromatic rings. The van der Waals surface area contributed by atoms with Gasteiger partial charge in [0.2, 0.25) is 0 Å². The van der Waals surface area contributed by atoms with Crippen molar-refractivity contribution >= 4 is 27.9 Å². The summed E-state index contributed by atoms with van der Waals surface area (Å²) in [6.45, 7) is 0.863. The van der Waals surface area contributed by atoms with Crippen LogP contribution in [0, 0.1) is 0 Å². The maximum absolute atomic E-state index is 12.8. The monoisotopic (exact) mass is 245 g/mol. The zero-order valence-corrected chi connectivity index (χ0v) is 10.4. The quantitative estimate of drug-likeness (QED) is 0.746. The molecule has 1 aromatic carbocycles. The van der Waals surface area contributed by atoms with Crippen molar-refractivity contribution in [3.05, 3.63) is 29.8 Å². The Morgan fingerprint density at radius 3 is 2.72 bits per heavy atom. The Hall–Kier alpha value is -0.863. The molecule has 1 aliphatic heterocycles. The van der Waals surface area contributed by atoms with Gasteiger partial charge in [0.05, 0.1) is 0 Å². The van der Waals surface area contributed by atoms with Crippen molar-refractivity contribution in [2.75, 3.05) is 25.1 Å². The normalized spacial score (nSPS) is 16.8. The summed E-state index contributed by atoms with van der Waals surface area (Å²) in [6.07, 6.45) is -1.26. The first kappa shape index (κ1) is 15.2. The Bertz CT molecular complexity index is 424. The Morgan fingerprint density at radius 1 is 1.56 bits per heavy atom. The Labute approximate surface area is 115 Å². The van der Waals surface area contributed by atoms with E-state index in [9.17, 15) is 9.18 Å². The van der Waals surface area contributed by atoms with Crippen LogP contribution in [-0.4, -0.2) is 48.5 Å². The second kappa shape index (κ2) is 6.35. The number of alkyl halides is 1. The second-order valence-corrected chi connectivity index (χ2v) is 4.32. The van der Waals surface area contributed by atoms with E-state index in [4.69, 9.17) is 4.74 Å². The standard InChI is InChI=1S/C12H13FNO2.Li.O/c1-16-12(8-15)9-3-2-4-11(5-9)14-6-10(13)7-14;;/h2-5,10,12H,6-7H2,1H3;;/q;;-2. The van der Waals surface area contributed by atoms with E-state index in [-0.39, 0.29) is 9.93 Å². The van der Waals surface area contributed by atoms with Crippen LogP contribution in [0.3, 0.4) is 0 Å². The van der Waals surface area contributed by atoms with Gasteiger partial charge in [0.15, 0.2) is 0 Å². The number of hydrogen-bond acceptors (Lipinski definition) is 3. The molecular weight excluding hydrogens is 232 g/mol. The van der Waals surface area contributed by atoms with Gasteiger partial charge in [-0.3, -0.25) is 0 Å². The SMILES string of the molecule is [Li][C](=O)C(OC)c1cccc(N2CC(F)C2)c1.[O-2]. The molecule has 0 N–H and O–H groups in total. The largest absolute Gasteiger partial charge is 2.00 e. The molecule has 0 saturated carbocycles. The summed E-state index contributed by atoms with van der Waals surface area (Å²) in [5.41, 5.74) is 1.76. The van der Waals surface area contributed by atoms with Gasteiger partial charge in [-0.05, 0) is 0 Å². The third-order valence-corrected chi connectivity index (χ3v) is 2.98. The zero-order chi connectivity index (χ0) is 12.4. The van der Waals surface area contributed by atoms with Gasteiger partial charge in [-0.1, -0.05) is 0 Å². The molecule has 0 aliphatic carbocycles. The smallest absolute Gasteiger partial charge is 2.00 e. The molecule has 2 rings (SSSR count). The van der Waals surface area contributed by atoms with Gasteiger partial charge >= 0.3 is 109 Å². The number of rotatable bonds is 4. The number of benzene rings is 1. The minimum absolute atomic E-state index is 0. The van der Waals surface area contributed by atoms with Crippen LogP contribution < -0.4 is 4.90 Å². The zero-order valence-electron chi connectivity index (χ0n) is 10.4. The first-order valence-corrected chi connectivity index (χ1v) is 5.64. The van der Waals surface area contributed by atoms with Crippen molar-refractivity contribution < 1.29 is 19.4 Å². The molecule has 1 aliphatic rings. The summed E-state index contributed by atoms with van der Waals surface area (Å²) < 4.78 is 17.9. The fourth-order valence-electron chi connectivity index (χ4n) is 2.06. The maximum Gasteiger partial charge on any atom is -2.00 e. The molecule has 0 spiro atoms. The number of methoxy groups -OCH3 is 1. The van der Waals surface area contributed by atoms with Crippen LogP contribution in [-0.2, 0) is 15.0 Å². The number of ether oxygens (including phenoxy) is 1. The van der Waals surface area contributed by atoms with E-state index in [2.05, 4.69) is 0 Å². The predicted molar refractivity (Wildman–Crippen MR) is 64.7 cm³/mol.